The quantitative estimate of drug-likeness (QED) is 0.687. The van der Waals surface area contributed by atoms with Crippen molar-refractivity contribution in [2.45, 2.75) is 12.5 Å². The van der Waals surface area contributed by atoms with Crippen LogP contribution in [-0.2, 0) is 16.0 Å². The van der Waals surface area contributed by atoms with Crippen molar-refractivity contribution >= 4 is 11.9 Å². The first-order valence-corrected chi connectivity index (χ1v) is 6.77. The van der Waals surface area contributed by atoms with Gasteiger partial charge in [0.2, 0.25) is 6.10 Å². The number of pyridine rings is 1. The third kappa shape index (κ3) is 4.13. The van der Waals surface area contributed by atoms with Crippen LogP contribution < -0.4 is 5.32 Å². The zero-order valence-corrected chi connectivity index (χ0v) is 11.8. The zero-order valence-electron chi connectivity index (χ0n) is 11.8. The molecule has 6 heteroatoms. The number of carboxylic acid groups (broad SMARTS) is 1. The molecule has 1 amide bonds. The number of carboxylic acids is 1. The fourth-order valence-electron chi connectivity index (χ4n) is 1.89. The topological polar surface area (TPSA) is 99.5 Å². The molecule has 1 aromatic heterocycles. The van der Waals surface area contributed by atoms with Gasteiger partial charge in [0.15, 0.2) is 0 Å². The number of rotatable bonds is 6. The molecular formula is C16H16N2O4. The molecule has 1 unspecified atom stereocenters. The van der Waals surface area contributed by atoms with Crippen LogP contribution in [0.3, 0.4) is 0 Å². The van der Waals surface area contributed by atoms with E-state index in [1.165, 1.54) is 0 Å². The number of carbonyl (C=O) groups excluding carboxylic acids is 1. The molecule has 0 aliphatic rings. The number of carbonyl (C=O) groups is 2. The number of amides is 1. The van der Waals surface area contributed by atoms with E-state index in [4.69, 9.17) is 10.2 Å². The van der Waals surface area contributed by atoms with Gasteiger partial charge in [0.25, 0.3) is 5.91 Å². The van der Waals surface area contributed by atoms with Gasteiger partial charge in [0, 0.05) is 18.3 Å². The average molecular weight is 300 g/mol. The monoisotopic (exact) mass is 300 g/mol. The molecule has 1 atom stereocenters. The first-order valence-electron chi connectivity index (χ1n) is 6.77. The van der Waals surface area contributed by atoms with Crippen molar-refractivity contribution in [3.05, 3.63) is 54.2 Å². The van der Waals surface area contributed by atoms with Crippen LogP contribution in [0.1, 0.15) is 5.56 Å². The van der Waals surface area contributed by atoms with E-state index in [9.17, 15) is 9.59 Å². The van der Waals surface area contributed by atoms with Gasteiger partial charge in [0.1, 0.15) is 0 Å². The lowest BCUT2D eigenvalue weighted by Crippen LogP contribution is -2.40. The van der Waals surface area contributed by atoms with Crippen molar-refractivity contribution in [2.24, 2.45) is 0 Å². The van der Waals surface area contributed by atoms with E-state index in [-0.39, 0.29) is 6.54 Å². The number of hydrogen-bond donors (Lipinski definition) is 3. The van der Waals surface area contributed by atoms with Crippen LogP contribution in [0.4, 0.5) is 0 Å². The molecule has 6 nitrogen and oxygen atoms in total. The zero-order chi connectivity index (χ0) is 15.9. The van der Waals surface area contributed by atoms with E-state index in [1.54, 1.807) is 6.20 Å². The first kappa shape index (κ1) is 15.7. The molecule has 0 spiro atoms. The summed E-state index contributed by atoms with van der Waals surface area (Å²) in [5, 5.41) is 19.9. The molecule has 1 heterocycles. The fraction of sp³-hybridized carbons (Fsp3) is 0.188. The van der Waals surface area contributed by atoms with Crippen molar-refractivity contribution in [1.29, 1.82) is 0 Å². The predicted molar refractivity (Wildman–Crippen MR) is 80.0 cm³/mol. The largest absolute Gasteiger partial charge is 0.479 e. The Bertz CT molecular complexity index is 641. The Balaban J connectivity index is 1.87. The van der Waals surface area contributed by atoms with Gasteiger partial charge in [-0.2, -0.15) is 0 Å². The predicted octanol–water partition coefficient (Wildman–Crippen LogP) is 0.853. The van der Waals surface area contributed by atoms with Crippen molar-refractivity contribution in [2.75, 3.05) is 6.54 Å². The maximum atomic E-state index is 11.3. The highest BCUT2D eigenvalue weighted by Crippen LogP contribution is 2.16. The Morgan fingerprint density at radius 1 is 1.14 bits per heavy atom. The summed E-state index contributed by atoms with van der Waals surface area (Å²) in [7, 11) is 0. The average Bonchev–Trinajstić information content (AvgIpc) is 2.55. The normalized spacial score (nSPS) is 11.7. The summed E-state index contributed by atoms with van der Waals surface area (Å²) < 4.78 is 0. The summed E-state index contributed by atoms with van der Waals surface area (Å²) in [6.07, 6.45) is 0.181. The Hall–Kier alpha value is -2.73. The highest BCUT2D eigenvalue weighted by molar-refractivity contribution is 5.99. The lowest BCUT2D eigenvalue weighted by Gasteiger charge is -2.08. The van der Waals surface area contributed by atoms with Crippen molar-refractivity contribution in [3.8, 4) is 11.3 Å². The van der Waals surface area contributed by atoms with E-state index in [0.29, 0.717) is 6.42 Å². The number of aromatic nitrogens is 1. The Morgan fingerprint density at radius 2 is 1.86 bits per heavy atom. The molecule has 0 aliphatic carbocycles. The van der Waals surface area contributed by atoms with Crippen molar-refractivity contribution in [1.82, 2.24) is 10.3 Å². The molecular weight excluding hydrogens is 284 g/mol. The van der Waals surface area contributed by atoms with Gasteiger partial charge in [-0.25, -0.2) is 4.79 Å². The van der Waals surface area contributed by atoms with Crippen LogP contribution in [0.25, 0.3) is 11.3 Å². The minimum absolute atomic E-state index is 0.232. The van der Waals surface area contributed by atoms with Crippen molar-refractivity contribution in [3.63, 3.8) is 0 Å². The van der Waals surface area contributed by atoms with Crippen LogP contribution in [0.5, 0.6) is 0 Å². The third-order valence-electron chi connectivity index (χ3n) is 3.09. The Labute approximate surface area is 127 Å². The van der Waals surface area contributed by atoms with Gasteiger partial charge in [-0.1, -0.05) is 36.4 Å². The second-order valence-corrected chi connectivity index (χ2v) is 4.70. The molecule has 22 heavy (non-hydrogen) atoms. The standard InChI is InChI=1S/C16H16N2O4/c19-14(16(21)22)15(20)17-9-8-11-6-7-13(18-10-11)12-4-2-1-3-5-12/h1-7,10,14,19H,8-9H2,(H,17,20)(H,21,22). The number of aliphatic carboxylic acids is 1. The number of aliphatic hydroxyl groups is 1. The fourth-order valence-corrected chi connectivity index (χ4v) is 1.89. The molecule has 0 saturated heterocycles. The highest BCUT2D eigenvalue weighted by Gasteiger charge is 2.21. The summed E-state index contributed by atoms with van der Waals surface area (Å²) in [6, 6.07) is 13.5. The van der Waals surface area contributed by atoms with Crippen LogP contribution in [0, 0.1) is 0 Å². The summed E-state index contributed by atoms with van der Waals surface area (Å²) in [5.74, 6) is -2.48. The molecule has 3 N–H and O–H groups in total. The second kappa shape index (κ2) is 7.33. The minimum Gasteiger partial charge on any atom is -0.479 e. The Kier molecular flexibility index (Phi) is 5.21. The van der Waals surface area contributed by atoms with Crippen LogP contribution in [0.15, 0.2) is 48.7 Å². The maximum Gasteiger partial charge on any atom is 0.342 e. The van der Waals surface area contributed by atoms with Crippen LogP contribution in [-0.4, -0.2) is 39.7 Å². The van der Waals surface area contributed by atoms with E-state index < -0.39 is 18.0 Å². The Morgan fingerprint density at radius 3 is 2.45 bits per heavy atom. The lowest BCUT2D eigenvalue weighted by molar-refractivity contribution is -0.152. The van der Waals surface area contributed by atoms with E-state index in [0.717, 1.165) is 16.8 Å². The lowest BCUT2D eigenvalue weighted by atomic mass is 10.1. The molecule has 1 aromatic carbocycles. The number of nitrogens with one attached hydrogen (secondary N) is 1. The molecule has 0 saturated carbocycles. The molecule has 0 aliphatic heterocycles. The van der Waals surface area contributed by atoms with Crippen LogP contribution in [0.2, 0.25) is 0 Å². The number of hydrogen-bond acceptors (Lipinski definition) is 4. The van der Waals surface area contributed by atoms with Gasteiger partial charge in [-0.15, -0.1) is 0 Å². The van der Waals surface area contributed by atoms with E-state index >= 15 is 0 Å². The van der Waals surface area contributed by atoms with E-state index in [1.807, 2.05) is 42.5 Å². The van der Waals surface area contributed by atoms with Crippen molar-refractivity contribution < 1.29 is 19.8 Å². The van der Waals surface area contributed by atoms with Gasteiger partial charge in [-0.05, 0) is 18.1 Å². The molecule has 0 radical (unpaired) electrons. The maximum absolute atomic E-state index is 11.3. The van der Waals surface area contributed by atoms with Gasteiger partial charge in [0.05, 0.1) is 5.69 Å². The SMILES string of the molecule is O=C(O)C(O)C(=O)NCCc1ccc(-c2ccccc2)nc1. The number of nitrogens with zero attached hydrogens (tertiary/aromatic N) is 1. The first-order chi connectivity index (χ1) is 10.6. The molecule has 114 valence electrons. The molecule has 0 bridgehead atoms. The molecule has 2 rings (SSSR count). The van der Waals surface area contributed by atoms with Gasteiger partial charge >= 0.3 is 5.97 Å². The second-order valence-electron chi connectivity index (χ2n) is 4.70. The van der Waals surface area contributed by atoms with E-state index in [2.05, 4.69) is 10.3 Å². The van der Waals surface area contributed by atoms with Gasteiger partial charge in [-0.3, -0.25) is 9.78 Å². The number of aliphatic hydroxyl groups excluding tert-OH is 1. The summed E-state index contributed by atoms with van der Waals surface area (Å²) in [4.78, 5) is 26.0. The summed E-state index contributed by atoms with van der Waals surface area (Å²) in [5.41, 5.74) is 2.78. The highest BCUT2D eigenvalue weighted by atomic mass is 16.4. The smallest absolute Gasteiger partial charge is 0.342 e. The summed E-state index contributed by atoms with van der Waals surface area (Å²) >= 11 is 0. The molecule has 2 aromatic rings. The van der Waals surface area contributed by atoms with Gasteiger partial charge < -0.3 is 15.5 Å². The molecule has 0 fully saturated rings. The summed E-state index contributed by atoms with van der Waals surface area (Å²) in [6.45, 7) is 0.232. The minimum atomic E-state index is -2.03. The van der Waals surface area contributed by atoms with Crippen LogP contribution >= 0.6 is 0 Å². The number of benzene rings is 1. The third-order valence-corrected chi connectivity index (χ3v) is 3.09.